The summed E-state index contributed by atoms with van der Waals surface area (Å²) in [5.41, 5.74) is 1.42. The van der Waals surface area contributed by atoms with E-state index in [9.17, 15) is 0 Å². The number of hydrogen-bond donors (Lipinski definition) is 1. The zero-order chi connectivity index (χ0) is 12.5. The second-order valence-electron chi connectivity index (χ2n) is 5.43. The second-order valence-corrected chi connectivity index (χ2v) is 7.00. The van der Waals surface area contributed by atoms with Crippen molar-refractivity contribution in [3.8, 4) is 0 Å². The molecule has 1 aliphatic heterocycles. The van der Waals surface area contributed by atoms with Crippen molar-refractivity contribution in [1.29, 1.82) is 0 Å². The summed E-state index contributed by atoms with van der Waals surface area (Å²) in [6, 6.07) is 7.61. The Bertz CT molecular complexity index is 435. The summed E-state index contributed by atoms with van der Waals surface area (Å²) in [6.07, 6.45) is 5.29. The van der Waals surface area contributed by atoms with Gasteiger partial charge in [-0.2, -0.15) is 0 Å². The number of benzene rings is 1. The highest BCUT2D eigenvalue weighted by molar-refractivity contribution is 7.99. The topological polar surface area (TPSA) is 12.0 Å². The van der Waals surface area contributed by atoms with Crippen LogP contribution in [0.25, 0.3) is 0 Å². The highest BCUT2D eigenvalue weighted by Crippen LogP contribution is 2.41. The van der Waals surface area contributed by atoms with Crippen LogP contribution in [0.5, 0.6) is 0 Å². The van der Waals surface area contributed by atoms with Crippen molar-refractivity contribution in [2.75, 3.05) is 5.75 Å². The summed E-state index contributed by atoms with van der Waals surface area (Å²) in [7, 11) is 0. The average Bonchev–Trinajstić information content (AvgIpc) is 3.09. The molecule has 1 saturated carbocycles. The fourth-order valence-corrected chi connectivity index (χ4v) is 4.22. The van der Waals surface area contributed by atoms with E-state index < -0.39 is 0 Å². The van der Waals surface area contributed by atoms with E-state index in [0.29, 0.717) is 6.04 Å². The third-order valence-electron chi connectivity index (χ3n) is 4.01. The molecule has 1 aromatic carbocycles. The maximum atomic E-state index is 6.14. The van der Waals surface area contributed by atoms with Gasteiger partial charge in [0.1, 0.15) is 0 Å². The number of rotatable bonds is 4. The van der Waals surface area contributed by atoms with Crippen molar-refractivity contribution in [3.05, 3.63) is 28.8 Å². The van der Waals surface area contributed by atoms with Crippen LogP contribution in [0.15, 0.2) is 23.1 Å². The molecule has 0 saturated heterocycles. The molecule has 3 unspecified atom stereocenters. The monoisotopic (exact) mass is 281 g/mol. The van der Waals surface area contributed by atoms with E-state index in [4.69, 9.17) is 11.6 Å². The first-order valence-corrected chi connectivity index (χ1v) is 8.32. The first-order valence-electron chi connectivity index (χ1n) is 6.96. The molecular weight excluding hydrogens is 262 g/mol. The van der Waals surface area contributed by atoms with Gasteiger partial charge in [-0.25, -0.2) is 0 Å². The molecule has 1 heterocycles. The minimum atomic E-state index is 0.520. The van der Waals surface area contributed by atoms with Crippen LogP contribution in [-0.2, 0) is 0 Å². The zero-order valence-electron chi connectivity index (χ0n) is 10.8. The van der Waals surface area contributed by atoms with Gasteiger partial charge in [0.25, 0.3) is 0 Å². The highest BCUT2D eigenvalue weighted by Gasteiger charge is 2.38. The van der Waals surface area contributed by atoms with E-state index in [2.05, 4.69) is 24.4 Å². The van der Waals surface area contributed by atoms with Crippen molar-refractivity contribution in [1.82, 2.24) is 5.32 Å². The van der Waals surface area contributed by atoms with Crippen molar-refractivity contribution < 1.29 is 0 Å². The minimum absolute atomic E-state index is 0.520. The maximum absolute atomic E-state index is 6.14. The van der Waals surface area contributed by atoms with Crippen LogP contribution in [0.4, 0.5) is 0 Å². The Hall–Kier alpha value is -0.180. The molecule has 3 heteroatoms. The van der Waals surface area contributed by atoms with Crippen LogP contribution in [0.1, 0.15) is 44.2 Å². The Balaban J connectivity index is 1.70. The summed E-state index contributed by atoms with van der Waals surface area (Å²) in [6.45, 7) is 2.28. The van der Waals surface area contributed by atoms with Gasteiger partial charge in [-0.05, 0) is 54.7 Å². The third-order valence-corrected chi connectivity index (χ3v) is 5.37. The fraction of sp³-hybridized carbons (Fsp3) is 0.600. The van der Waals surface area contributed by atoms with Crippen LogP contribution >= 0.6 is 23.4 Å². The van der Waals surface area contributed by atoms with Gasteiger partial charge in [0, 0.05) is 22.0 Å². The summed E-state index contributed by atoms with van der Waals surface area (Å²) in [4.78, 5) is 1.41. The molecule has 3 rings (SSSR count). The highest BCUT2D eigenvalue weighted by atomic mass is 35.5. The molecule has 0 bridgehead atoms. The van der Waals surface area contributed by atoms with E-state index in [-0.39, 0.29) is 0 Å². The standard InChI is InChI=1S/C15H20ClNS/c1-2-3-10-8-14(10)17-13-6-7-18-15-5-4-11(16)9-12(13)15/h4-5,9-10,13-14,17H,2-3,6-8H2,1H3. The molecule has 3 atom stereocenters. The van der Waals surface area contributed by atoms with Crippen molar-refractivity contribution in [2.24, 2.45) is 5.92 Å². The van der Waals surface area contributed by atoms with Gasteiger partial charge in [0.2, 0.25) is 0 Å². The van der Waals surface area contributed by atoms with Crippen LogP contribution in [0.3, 0.4) is 0 Å². The molecule has 1 aliphatic carbocycles. The van der Waals surface area contributed by atoms with Gasteiger partial charge in [-0.15, -0.1) is 11.8 Å². The van der Waals surface area contributed by atoms with Crippen LogP contribution in [0.2, 0.25) is 5.02 Å². The quantitative estimate of drug-likeness (QED) is 0.862. The molecule has 0 spiro atoms. The summed E-state index contributed by atoms with van der Waals surface area (Å²) in [5, 5.41) is 4.70. The number of fused-ring (bicyclic) bond motifs is 1. The predicted octanol–water partition coefficient (Wildman–Crippen LogP) is 4.66. The van der Waals surface area contributed by atoms with E-state index in [1.807, 2.05) is 17.8 Å². The lowest BCUT2D eigenvalue weighted by atomic mass is 10.0. The Morgan fingerprint density at radius 1 is 1.44 bits per heavy atom. The molecule has 1 N–H and O–H groups in total. The molecule has 0 amide bonds. The summed E-state index contributed by atoms with van der Waals surface area (Å²) < 4.78 is 0. The molecule has 1 aromatic rings. The largest absolute Gasteiger partial charge is 0.307 e. The molecule has 1 fully saturated rings. The van der Waals surface area contributed by atoms with Crippen LogP contribution in [-0.4, -0.2) is 11.8 Å². The van der Waals surface area contributed by atoms with Gasteiger partial charge in [-0.1, -0.05) is 24.9 Å². The van der Waals surface area contributed by atoms with Crippen molar-refractivity contribution in [3.63, 3.8) is 0 Å². The summed E-state index contributed by atoms with van der Waals surface area (Å²) >= 11 is 8.10. The van der Waals surface area contributed by atoms with Gasteiger partial charge in [0.15, 0.2) is 0 Å². The zero-order valence-corrected chi connectivity index (χ0v) is 12.4. The van der Waals surface area contributed by atoms with Crippen molar-refractivity contribution in [2.45, 2.75) is 49.6 Å². The first-order chi connectivity index (χ1) is 8.78. The van der Waals surface area contributed by atoms with Gasteiger partial charge in [0.05, 0.1) is 0 Å². The second kappa shape index (κ2) is 5.44. The Kier molecular flexibility index (Phi) is 3.88. The van der Waals surface area contributed by atoms with Gasteiger partial charge in [-0.3, -0.25) is 0 Å². The predicted molar refractivity (Wildman–Crippen MR) is 79.5 cm³/mol. The average molecular weight is 282 g/mol. The van der Waals surface area contributed by atoms with E-state index in [1.54, 1.807) is 0 Å². The molecular formula is C15H20ClNS. The Morgan fingerprint density at radius 3 is 3.17 bits per heavy atom. The number of hydrogen-bond acceptors (Lipinski definition) is 2. The van der Waals surface area contributed by atoms with Gasteiger partial charge >= 0.3 is 0 Å². The molecule has 1 nitrogen and oxygen atoms in total. The van der Waals surface area contributed by atoms with Gasteiger partial charge < -0.3 is 5.32 Å². The third kappa shape index (κ3) is 2.71. The molecule has 0 radical (unpaired) electrons. The molecule has 98 valence electrons. The number of nitrogens with one attached hydrogen (secondary N) is 1. The van der Waals surface area contributed by atoms with E-state index in [0.717, 1.165) is 17.0 Å². The van der Waals surface area contributed by atoms with E-state index >= 15 is 0 Å². The lowest BCUT2D eigenvalue weighted by Crippen LogP contribution is -2.27. The van der Waals surface area contributed by atoms with E-state index in [1.165, 1.54) is 41.9 Å². The molecule has 0 aromatic heterocycles. The minimum Gasteiger partial charge on any atom is -0.307 e. The Morgan fingerprint density at radius 2 is 2.33 bits per heavy atom. The van der Waals surface area contributed by atoms with Crippen molar-refractivity contribution >= 4 is 23.4 Å². The normalized spacial score (nSPS) is 30.0. The molecule has 2 aliphatic rings. The lowest BCUT2D eigenvalue weighted by Gasteiger charge is -2.26. The number of halogens is 1. The molecule has 18 heavy (non-hydrogen) atoms. The summed E-state index contributed by atoms with van der Waals surface area (Å²) in [5.74, 6) is 2.14. The Labute approximate surface area is 119 Å². The SMILES string of the molecule is CCCC1CC1NC1CCSc2ccc(Cl)cc21. The lowest BCUT2D eigenvalue weighted by molar-refractivity contribution is 0.482. The smallest absolute Gasteiger partial charge is 0.0410 e. The van der Waals surface area contributed by atoms with Crippen LogP contribution in [0, 0.1) is 5.92 Å². The fourth-order valence-electron chi connectivity index (χ4n) is 2.94. The maximum Gasteiger partial charge on any atom is 0.0410 e. The number of thioether (sulfide) groups is 1. The first kappa shape index (κ1) is 12.8. The van der Waals surface area contributed by atoms with Crippen LogP contribution < -0.4 is 5.32 Å².